The third kappa shape index (κ3) is 4.35. The minimum atomic E-state index is -0.125. The van der Waals surface area contributed by atoms with Crippen LogP contribution in [0.3, 0.4) is 0 Å². The van der Waals surface area contributed by atoms with Gasteiger partial charge < -0.3 is 10.3 Å². The van der Waals surface area contributed by atoms with Gasteiger partial charge in [-0.15, -0.1) is 0 Å². The van der Waals surface area contributed by atoms with Gasteiger partial charge in [0.2, 0.25) is 5.91 Å². The van der Waals surface area contributed by atoms with Crippen molar-refractivity contribution in [1.29, 1.82) is 0 Å². The second kappa shape index (κ2) is 8.91. The fraction of sp³-hybridized carbons (Fsp3) is 0.391. The zero-order valence-electron chi connectivity index (χ0n) is 16.9. The number of carbonyl (C=O) groups excluding carboxylic acids is 1. The molecule has 0 spiro atoms. The minimum absolute atomic E-state index is 0.0239. The number of hydrogen-bond donors (Lipinski definition) is 2. The molecular weight excluding hydrogens is 350 g/mol. The van der Waals surface area contributed by atoms with Crippen molar-refractivity contribution in [2.45, 2.75) is 52.5 Å². The molecule has 0 fully saturated rings. The molecule has 1 unspecified atom stereocenters. The van der Waals surface area contributed by atoms with E-state index in [2.05, 4.69) is 17.2 Å². The molecule has 2 aromatic carbocycles. The molecule has 3 rings (SSSR count). The van der Waals surface area contributed by atoms with Gasteiger partial charge >= 0.3 is 5.69 Å². The number of hydrogen-bond acceptors (Lipinski definition) is 2. The summed E-state index contributed by atoms with van der Waals surface area (Å²) in [6, 6.07) is 15.7. The van der Waals surface area contributed by atoms with Crippen LogP contribution in [0.25, 0.3) is 11.0 Å². The van der Waals surface area contributed by atoms with Crippen molar-refractivity contribution in [1.82, 2.24) is 9.55 Å². The fourth-order valence-electron chi connectivity index (χ4n) is 3.72. The van der Waals surface area contributed by atoms with Gasteiger partial charge in [0.15, 0.2) is 0 Å². The van der Waals surface area contributed by atoms with Crippen LogP contribution in [-0.2, 0) is 4.79 Å². The lowest BCUT2D eigenvalue weighted by atomic mass is 9.97. The summed E-state index contributed by atoms with van der Waals surface area (Å²) >= 11 is 0. The van der Waals surface area contributed by atoms with Crippen molar-refractivity contribution >= 4 is 22.6 Å². The van der Waals surface area contributed by atoms with Crippen LogP contribution in [0, 0.1) is 12.8 Å². The molecule has 1 aromatic heterocycles. The van der Waals surface area contributed by atoms with E-state index in [0.717, 1.165) is 48.0 Å². The first kappa shape index (κ1) is 19.9. The molecular formula is C23H29N3O2. The highest BCUT2D eigenvalue weighted by molar-refractivity contribution is 5.92. The number of anilines is 1. The summed E-state index contributed by atoms with van der Waals surface area (Å²) in [7, 11) is 0. The number of para-hydroxylation sites is 3. The van der Waals surface area contributed by atoms with Gasteiger partial charge in [0.05, 0.1) is 11.0 Å². The number of H-pyrrole nitrogens is 1. The normalized spacial score (nSPS) is 13.4. The van der Waals surface area contributed by atoms with Crippen LogP contribution in [0.5, 0.6) is 0 Å². The van der Waals surface area contributed by atoms with E-state index >= 15 is 0 Å². The van der Waals surface area contributed by atoms with Crippen LogP contribution in [0.2, 0.25) is 0 Å². The SMILES string of the molecule is CCCC(CC[C@H](C)C(=O)Nc1ccccc1C)n1c(=O)[nH]c2ccccc21. The van der Waals surface area contributed by atoms with Gasteiger partial charge in [-0.3, -0.25) is 9.36 Å². The Kier molecular flexibility index (Phi) is 6.34. The van der Waals surface area contributed by atoms with E-state index in [-0.39, 0.29) is 23.6 Å². The summed E-state index contributed by atoms with van der Waals surface area (Å²) in [5.41, 5.74) is 3.63. The quantitative estimate of drug-likeness (QED) is 0.576. The Balaban J connectivity index is 1.71. The highest BCUT2D eigenvalue weighted by Crippen LogP contribution is 2.25. The molecule has 0 aliphatic heterocycles. The van der Waals surface area contributed by atoms with E-state index in [9.17, 15) is 9.59 Å². The molecule has 0 saturated heterocycles. The Morgan fingerprint density at radius 2 is 1.79 bits per heavy atom. The summed E-state index contributed by atoms with van der Waals surface area (Å²) < 4.78 is 1.87. The molecule has 2 N–H and O–H groups in total. The molecule has 2 atom stereocenters. The van der Waals surface area contributed by atoms with E-state index in [1.807, 2.05) is 66.9 Å². The van der Waals surface area contributed by atoms with Gasteiger partial charge in [-0.1, -0.05) is 50.6 Å². The van der Waals surface area contributed by atoms with Gasteiger partial charge in [0.1, 0.15) is 0 Å². The van der Waals surface area contributed by atoms with E-state index < -0.39 is 0 Å². The van der Waals surface area contributed by atoms with Crippen LogP contribution in [0.4, 0.5) is 5.69 Å². The average Bonchev–Trinajstić information content (AvgIpc) is 3.02. The number of carbonyl (C=O) groups is 1. The molecule has 0 aliphatic carbocycles. The Bertz CT molecular complexity index is 1000. The predicted octanol–water partition coefficient (Wildman–Crippen LogP) is 5.03. The molecule has 1 amide bonds. The number of nitrogens with one attached hydrogen (secondary N) is 2. The molecule has 0 saturated carbocycles. The first-order chi connectivity index (χ1) is 13.5. The molecule has 0 aliphatic rings. The summed E-state index contributed by atoms with van der Waals surface area (Å²) in [4.78, 5) is 28.1. The molecule has 1 heterocycles. The molecule has 3 aromatic rings. The Morgan fingerprint density at radius 1 is 1.07 bits per heavy atom. The molecule has 0 radical (unpaired) electrons. The van der Waals surface area contributed by atoms with Crippen molar-refractivity contribution < 1.29 is 4.79 Å². The van der Waals surface area contributed by atoms with Crippen molar-refractivity contribution in [2.75, 3.05) is 5.32 Å². The van der Waals surface area contributed by atoms with Gasteiger partial charge in [0, 0.05) is 17.6 Å². The van der Waals surface area contributed by atoms with Crippen LogP contribution >= 0.6 is 0 Å². The number of aromatic nitrogens is 2. The maximum atomic E-state index is 12.6. The second-order valence-electron chi connectivity index (χ2n) is 7.54. The van der Waals surface area contributed by atoms with Crippen molar-refractivity contribution in [3.05, 3.63) is 64.6 Å². The monoisotopic (exact) mass is 379 g/mol. The Labute approximate surface area is 165 Å². The third-order valence-electron chi connectivity index (χ3n) is 5.39. The standard InChI is InChI=1S/C23H29N3O2/c1-4-9-18(26-21-13-8-7-12-20(21)25-23(26)28)15-14-17(3)22(27)24-19-11-6-5-10-16(19)2/h5-8,10-13,17-18H,4,9,14-15H2,1-3H3,(H,24,27)(H,25,28)/t17-,18?/m0/s1. The topological polar surface area (TPSA) is 66.9 Å². The average molecular weight is 380 g/mol. The van der Waals surface area contributed by atoms with Crippen molar-refractivity contribution in [2.24, 2.45) is 5.92 Å². The smallest absolute Gasteiger partial charge is 0.326 e. The van der Waals surface area contributed by atoms with E-state index in [0.29, 0.717) is 0 Å². The number of amides is 1. The largest absolute Gasteiger partial charge is 0.326 e. The van der Waals surface area contributed by atoms with E-state index in [4.69, 9.17) is 0 Å². The molecule has 5 heteroatoms. The Morgan fingerprint density at radius 3 is 2.54 bits per heavy atom. The van der Waals surface area contributed by atoms with Crippen LogP contribution < -0.4 is 11.0 Å². The number of aryl methyl sites for hydroxylation is 1. The van der Waals surface area contributed by atoms with Crippen molar-refractivity contribution in [3.8, 4) is 0 Å². The zero-order valence-corrected chi connectivity index (χ0v) is 16.9. The van der Waals surface area contributed by atoms with E-state index in [1.165, 1.54) is 0 Å². The number of imidazole rings is 1. The predicted molar refractivity (Wildman–Crippen MR) is 115 cm³/mol. The lowest BCUT2D eigenvalue weighted by Gasteiger charge is -2.20. The van der Waals surface area contributed by atoms with Gasteiger partial charge in [-0.2, -0.15) is 0 Å². The number of rotatable bonds is 8. The molecule has 28 heavy (non-hydrogen) atoms. The van der Waals surface area contributed by atoms with Gasteiger partial charge in [-0.25, -0.2) is 4.79 Å². The summed E-state index contributed by atoms with van der Waals surface area (Å²) in [6.07, 6.45) is 3.42. The third-order valence-corrected chi connectivity index (χ3v) is 5.39. The molecule has 148 valence electrons. The number of benzene rings is 2. The highest BCUT2D eigenvalue weighted by Gasteiger charge is 2.20. The Hall–Kier alpha value is -2.82. The minimum Gasteiger partial charge on any atom is -0.326 e. The van der Waals surface area contributed by atoms with Gasteiger partial charge in [-0.05, 0) is 49.9 Å². The van der Waals surface area contributed by atoms with Crippen molar-refractivity contribution in [3.63, 3.8) is 0 Å². The fourth-order valence-corrected chi connectivity index (χ4v) is 3.72. The maximum absolute atomic E-state index is 12.6. The summed E-state index contributed by atoms with van der Waals surface area (Å²) in [5, 5.41) is 3.03. The first-order valence-corrected chi connectivity index (χ1v) is 10.1. The first-order valence-electron chi connectivity index (χ1n) is 10.1. The molecule has 5 nitrogen and oxygen atoms in total. The van der Waals surface area contributed by atoms with Gasteiger partial charge in [0.25, 0.3) is 0 Å². The lowest BCUT2D eigenvalue weighted by molar-refractivity contribution is -0.119. The van der Waals surface area contributed by atoms with Crippen LogP contribution in [-0.4, -0.2) is 15.5 Å². The summed E-state index contributed by atoms with van der Waals surface area (Å²) in [5.74, 6) is -0.101. The zero-order chi connectivity index (χ0) is 20.1. The maximum Gasteiger partial charge on any atom is 0.326 e. The summed E-state index contributed by atoms with van der Waals surface area (Å²) in [6.45, 7) is 6.07. The number of fused-ring (bicyclic) bond motifs is 1. The van der Waals surface area contributed by atoms with Crippen LogP contribution in [0.15, 0.2) is 53.3 Å². The van der Waals surface area contributed by atoms with E-state index in [1.54, 1.807) is 0 Å². The lowest BCUT2D eigenvalue weighted by Crippen LogP contribution is -2.25. The van der Waals surface area contributed by atoms with Crippen LogP contribution in [0.1, 0.15) is 51.1 Å². The number of aromatic amines is 1. The highest BCUT2D eigenvalue weighted by atomic mass is 16.2. The molecule has 0 bridgehead atoms. The number of nitrogens with zero attached hydrogens (tertiary/aromatic N) is 1. The second-order valence-corrected chi connectivity index (χ2v) is 7.54.